The average Bonchev–Trinajstić information content (AvgIpc) is 2.33. The molecule has 0 radical (unpaired) electrons. The Morgan fingerprint density at radius 1 is 1.19 bits per heavy atom. The largest absolute Gasteiger partial charge is 0.497 e. The normalized spacial score (nSPS) is 14.0. The second-order valence-electron chi connectivity index (χ2n) is 8.32. The van der Waals surface area contributed by atoms with Crippen LogP contribution in [0.1, 0.15) is 26.3 Å². The van der Waals surface area contributed by atoms with Crippen molar-refractivity contribution in [1.82, 2.24) is 5.32 Å². The minimum atomic E-state index is -1.06. The molecule has 0 heterocycles. The summed E-state index contributed by atoms with van der Waals surface area (Å²) in [7, 11) is 0.672. The van der Waals surface area contributed by atoms with Crippen molar-refractivity contribution < 1.29 is 4.74 Å². The molecule has 21 heavy (non-hydrogen) atoms. The summed E-state index contributed by atoms with van der Waals surface area (Å²) in [4.78, 5) is 0. The molecule has 0 spiro atoms. The van der Waals surface area contributed by atoms with Gasteiger partial charge in [0.15, 0.2) is 0 Å². The van der Waals surface area contributed by atoms with Gasteiger partial charge in [-0.1, -0.05) is 37.8 Å². The molecule has 0 amide bonds. The topological polar surface area (TPSA) is 21.3 Å². The van der Waals surface area contributed by atoms with Gasteiger partial charge in [0.25, 0.3) is 0 Å². The zero-order valence-corrected chi connectivity index (χ0v) is 15.9. The lowest BCUT2D eigenvalue weighted by Crippen LogP contribution is -2.41. The van der Waals surface area contributed by atoms with Crippen LogP contribution in [0.3, 0.4) is 0 Å². The van der Waals surface area contributed by atoms with E-state index in [0.29, 0.717) is 5.92 Å². The number of hydrogen-bond acceptors (Lipinski definition) is 2. The van der Waals surface area contributed by atoms with E-state index in [2.05, 4.69) is 63.9 Å². The molecule has 0 saturated carbocycles. The molecular weight excluding hydrogens is 274 g/mol. The third-order valence-electron chi connectivity index (χ3n) is 3.48. The first-order valence-electron chi connectivity index (χ1n) is 7.97. The van der Waals surface area contributed by atoms with Crippen molar-refractivity contribution in [3.8, 4) is 5.75 Å². The Kier molecular flexibility index (Phi) is 6.48. The third-order valence-corrected chi connectivity index (χ3v) is 5.28. The van der Waals surface area contributed by atoms with Crippen LogP contribution in [0.5, 0.6) is 5.75 Å². The summed E-state index contributed by atoms with van der Waals surface area (Å²) in [6, 6.07) is 9.86. The molecule has 1 aromatic carbocycles. The molecule has 0 aromatic heterocycles. The zero-order valence-electron chi connectivity index (χ0n) is 14.9. The number of rotatable bonds is 7. The van der Waals surface area contributed by atoms with Gasteiger partial charge in [-0.05, 0) is 57.4 Å². The number of methoxy groups -OCH3 is 1. The van der Waals surface area contributed by atoms with Crippen LogP contribution in [0.4, 0.5) is 0 Å². The molecule has 1 aromatic rings. The maximum absolute atomic E-state index is 5.34. The van der Waals surface area contributed by atoms with Gasteiger partial charge < -0.3 is 10.1 Å². The molecule has 0 aliphatic heterocycles. The van der Waals surface area contributed by atoms with E-state index in [1.165, 1.54) is 11.6 Å². The Labute approximate surface area is 132 Å². The van der Waals surface area contributed by atoms with E-state index in [1.807, 2.05) is 6.07 Å². The van der Waals surface area contributed by atoms with Crippen molar-refractivity contribution in [3.05, 3.63) is 29.8 Å². The minimum absolute atomic E-state index is 0.187. The second-order valence-corrected chi connectivity index (χ2v) is 13.8. The Hall–Kier alpha value is -0.803. The highest BCUT2D eigenvalue weighted by Crippen LogP contribution is 2.23. The van der Waals surface area contributed by atoms with E-state index in [0.717, 1.165) is 18.7 Å². The summed E-state index contributed by atoms with van der Waals surface area (Å²) in [6.45, 7) is 15.2. The van der Waals surface area contributed by atoms with Crippen LogP contribution in [0.25, 0.3) is 0 Å². The quantitative estimate of drug-likeness (QED) is 0.744. The molecule has 0 aliphatic rings. The van der Waals surface area contributed by atoms with Gasteiger partial charge in [0.2, 0.25) is 0 Å². The standard InChI is InChI=1S/C18H33NOSi/c1-18(2,3)19-13-16(14-21(5,6)7)11-15-9-8-10-17(12-15)20-4/h8-10,12,16,19H,11,13-14H2,1-7H3. The molecule has 1 rings (SSSR count). The first-order chi connectivity index (χ1) is 9.59. The lowest BCUT2D eigenvalue weighted by molar-refractivity contribution is 0.379. The fourth-order valence-corrected chi connectivity index (χ4v) is 4.69. The molecule has 1 unspecified atom stereocenters. The van der Waals surface area contributed by atoms with Crippen LogP contribution in [0.2, 0.25) is 25.7 Å². The minimum Gasteiger partial charge on any atom is -0.497 e. The fraction of sp³-hybridized carbons (Fsp3) is 0.667. The summed E-state index contributed by atoms with van der Waals surface area (Å²) in [5.41, 5.74) is 1.57. The van der Waals surface area contributed by atoms with Gasteiger partial charge in [0.05, 0.1) is 7.11 Å². The fourth-order valence-electron chi connectivity index (χ4n) is 2.67. The summed E-state index contributed by atoms with van der Waals surface area (Å²) in [5.74, 6) is 1.66. The third kappa shape index (κ3) is 8.27. The Balaban J connectivity index is 2.75. The van der Waals surface area contributed by atoms with Crippen LogP contribution in [-0.4, -0.2) is 27.3 Å². The average molecular weight is 308 g/mol. The van der Waals surface area contributed by atoms with Crippen LogP contribution in [-0.2, 0) is 6.42 Å². The number of ether oxygens (including phenoxy) is 1. The molecular formula is C18H33NOSi. The number of hydrogen-bond donors (Lipinski definition) is 1. The molecule has 1 atom stereocenters. The Morgan fingerprint density at radius 3 is 2.38 bits per heavy atom. The molecule has 3 heteroatoms. The van der Waals surface area contributed by atoms with Crippen molar-refractivity contribution >= 4 is 8.07 Å². The SMILES string of the molecule is COc1cccc(CC(CNC(C)(C)C)C[Si](C)(C)C)c1. The maximum Gasteiger partial charge on any atom is 0.119 e. The first-order valence-corrected chi connectivity index (χ1v) is 11.7. The van der Waals surface area contributed by atoms with Crippen LogP contribution >= 0.6 is 0 Å². The van der Waals surface area contributed by atoms with E-state index >= 15 is 0 Å². The van der Waals surface area contributed by atoms with Gasteiger partial charge >= 0.3 is 0 Å². The van der Waals surface area contributed by atoms with Gasteiger partial charge in [-0.15, -0.1) is 0 Å². The highest BCUT2D eigenvalue weighted by Gasteiger charge is 2.22. The molecule has 0 bridgehead atoms. The van der Waals surface area contributed by atoms with Gasteiger partial charge in [-0.3, -0.25) is 0 Å². The molecule has 0 aliphatic carbocycles. The van der Waals surface area contributed by atoms with Gasteiger partial charge in [0.1, 0.15) is 5.75 Å². The summed E-state index contributed by atoms with van der Waals surface area (Å²) >= 11 is 0. The van der Waals surface area contributed by atoms with E-state index < -0.39 is 8.07 Å². The second kappa shape index (κ2) is 7.46. The maximum atomic E-state index is 5.34. The molecule has 0 saturated heterocycles. The van der Waals surface area contributed by atoms with Crippen LogP contribution in [0, 0.1) is 5.92 Å². The summed E-state index contributed by atoms with van der Waals surface area (Å²) < 4.78 is 5.34. The molecule has 120 valence electrons. The van der Waals surface area contributed by atoms with Crippen molar-refractivity contribution in [1.29, 1.82) is 0 Å². The van der Waals surface area contributed by atoms with Crippen molar-refractivity contribution in [2.24, 2.45) is 5.92 Å². The van der Waals surface area contributed by atoms with Crippen LogP contribution in [0.15, 0.2) is 24.3 Å². The van der Waals surface area contributed by atoms with Crippen LogP contribution < -0.4 is 10.1 Å². The Morgan fingerprint density at radius 2 is 1.86 bits per heavy atom. The predicted octanol–water partition coefficient (Wildman–Crippen LogP) is 4.58. The highest BCUT2D eigenvalue weighted by molar-refractivity contribution is 6.76. The van der Waals surface area contributed by atoms with E-state index in [9.17, 15) is 0 Å². The molecule has 1 N–H and O–H groups in total. The van der Waals surface area contributed by atoms with E-state index in [4.69, 9.17) is 4.74 Å². The monoisotopic (exact) mass is 307 g/mol. The molecule has 2 nitrogen and oxygen atoms in total. The number of benzene rings is 1. The first kappa shape index (κ1) is 18.2. The van der Waals surface area contributed by atoms with Crippen molar-refractivity contribution in [2.75, 3.05) is 13.7 Å². The summed E-state index contributed by atoms with van der Waals surface area (Å²) in [6.07, 6.45) is 1.13. The highest BCUT2D eigenvalue weighted by atomic mass is 28.3. The lowest BCUT2D eigenvalue weighted by atomic mass is 9.99. The zero-order chi connectivity index (χ0) is 16.1. The Bertz CT molecular complexity index is 432. The van der Waals surface area contributed by atoms with E-state index in [1.54, 1.807) is 7.11 Å². The van der Waals surface area contributed by atoms with E-state index in [-0.39, 0.29) is 5.54 Å². The predicted molar refractivity (Wildman–Crippen MR) is 96.1 cm³/mol. The van der Waals surface area contributed by atoms with Gasteiger partial charge in [-0.25, -0.2) is 0 Å². The lowest BCUT2D eigenvalue weighted by Gasteiger charge is -2.29. The smallest absolute Gasteiger partial charge is 0.119 e. The van der Waals surface area contributed by atoms with Crippen molar-refractivity contribution in [2.45, 2.75) is 58.4 Å². The number of nitrogens with one attached hydrogen (secondary N) is 1. The van der Waals surface area contributed by atoms with Gasteiger partial charge in [-0.2, -0.15) is 0 Å². The summed E-state index contributed by atoms with van der Waals surface area (Å²) in [5, 5.41) is 3.68. The van der Waals surface area contributed by atoms with Gasteiger partial charge in [0, 0.05) is 13.6 Å². The van der Waals surface area contributed by atoms with Crippen molar-refractivity contribution in [3.63, 3.8) is 0 Å². The molecule has 0 fully saturated rings.